The molecule has 0 aliphatic carbocycles. The monoisotopic (exact) mass is 235 g/mol. The van der Waals surface area contributed by atoms with Gasteiger partial charge >= 0.3 is 0 Å². The summed E-state index contributed by atoms with van der Waals surface area (Å²) in [5.41, 5.74) is 0. The van der Waals surface area contributed by atoms with Gasteiger partial charge in [0.05, 0.1) is 0 Å². The summed E-state index contributed by atoms with van der Waals surface area (Å²) in [6.45, 7) is 0. The maximum atomic E-state index is 0. The minimum Gasteiger partial charge on any atom is -0.412 e. The van der Waals surface area contributed by atoms with Gasteiger partial charge in [-0.25, -0.2) is 0 Å². The topological polar surface area (TPSA) is 94.5 Å². The van der Waals surface area contributed by atoms with E-state index in [0.717, 1.165) is 0 Å². The molecule has 0 aromatic rings. The second kappa shape index (κ2) is 64.6. The van der Waals surface area contributed by atoms with Crippen LogP contribution in [0.1, 0.15) is 0 Å². The molecule has 3 nitrogen and oxygen atoms in total. The van der Waals surface area contributed by atoms with Gasteiger partial charge in [-0.15, -0.1) is 0 Å². The van der Waals surface area contributed by atoms with E-state index in [1.54, 1.807) is 0 Å². The SMILES string of the molecule is O.O.O.[Ta]. The average molecular weight is 235 g/mol. The van der Waals surface area contributed by atoms with Gasteiger partial charge in [-0.1, -0.05) is 0 Å². The fraction of sp³-hybridized carbons (Fsp3) is 0. The van der Waals surface area contributed by atoms with Crippen LogP contribution in [0.25, 0.3) is 0 Å². The molecule has 0 bridgehead atoms. The molecule has 6 N–H and O–H groups in total. The first-order chi connectivity index (χ1) is 0. The quantitative estimate of drug-likeness (QED) is 0.444. The van der Waals surface area contributed by atoms with Crippen LogP contribution in [0.4, 0.5) is 0 Å². The summed E-state index contributed by atoms with van der Waals surface area (Å²) >= 11 is 0. The molecule has 0 fully saturated rings. The van der Waals surface area contributed by atoms with Crippen LogP contribution >= 0.6 is 0 Å². The van der Waals surface area contributed by atoms with Crippen LogP contribution in [0.15, 0.2) is 0 Å². The predicted molar refractivity (Wildman–Crippen MR) is 10.8 cm³/mol. The summed E-state index contributed by atoms with van der Waals surface area (Å²) in [5.74, 6) is 0. The first kappa shape index (κ1) is 157. The molecule has 0 aromatic carbocycles. The first-order valence-electron chi connectivity index (χ1n) is 0. The molecule has 0 saturated carbocycles. The summed E-state index contributed by atoms with van der Waals surface area (Å²) in [4.78, 5) is 0. The largest absolute Gasteiger partial charge is 0.412 e. The Bertz CT molecular complexity index is 3.25. The van der Waals surface area contributed by atoms with Gasteiger partial charge in [0.25, 0.3) is 0 Å². The van der Waals surface area contributed by atoms with Gasteiger partial charge in [0.2, 0.25) is 0 Å². The molecule has 0 atom stereocenters. The third-order valence-corrected chi connectivity index (χ3v) is 0. The van der Waals surface area contributed by atoms with E-state index in [1.165, 1.54) is 0 Å². The molecule has 0 spiro atoms. The van der Waals surface area contributed by atoms with Crippen molar-refractivity contribution in [2.45, 2.75) is 0 Å². The van der Waals surface area contributed by atoms with Crippen LogP contribution in [-0.2, 0) is 22.4 Å². The Morgan fingerprint density at radius 3 is 0.500 bits per heavy atom. The third kappa shape index (κ3) is 17.9. The first-order valence-corrected chi connectivity index (χ1v) is 0. The minimum atomic E-state index is 0. The van der Waals surface area contributed by atoms with Crippen LogP contribution in [0.2, 0.25) is 0 Å². The van der Waals surface area contributed by atoms with Crippen molar-refractivity contribution in [3.63, 3.8) is 0 Å². The molecule has 0 aliphatic rings. The summed E-state index contributed by atoms with van der Waals surface area (Å²) in [7, 11) is 0. The smallest absolute Gasteiger partial charge is 0 e. The van der Waals surface area contributed by atoms with Crippen LogP contribution in [0.5, 0.6) is 0 Å². The number of hydrogen-bond acceptors (Lipinski definition) is 0. The third-order valence-electron chi connectivity index (χ3n) is 0. The van der Waals surface area contributed by atoms with Crippen molar-refractivity contribution >= 4 is 0 Å². The molecule has 0 amide bonds. The van der Waals surface area contributed by atoms with Crippen LogP contribution in [0, 0.1) is 0 Å². The zero-order chi connectivity index (χ0) is 0. The predicted octanol–water partition coefficient (Wildman–Crippen LogP) is -2.48. The van der Waals surface area contributed by atoms with Gasteiger partial charge in [-0.05, 0) is 0 Å². The van der Waals surface area contributed by atoms with Gasteiger partial charge in [-0.2, -0.15) is 0 Å². The van der Waals surface area contributed by atoms with E-state index in [2.05, 4.69) is 0 Å². The van der Waals surface area contributed by atoms with Gasteiger partial charge in [0.1, 0.15) is 0 Å². The van der Waals surface area contributed by atoms with Crippen molar-refractivity contribution in [1.82, 2.24) is 0 Å². The molecule has 4 heavy (non-hydrogen) atoms. The molecule has 1 radical (unpaired) electrons. The van der Waals surface area contributed by atoms with E-state index in [4.69, 9.17) is 0 Å². The van der Waals surface area contributed by atoms with Crippen molar-refractivity contribution in [1.29, 1.82) is 0 Å². The summed E-state index contributed by atoms with van der Waals surface area (Å²) in [5, 5.41) is 0. The molecule has 4 heteroatoms. The molecule has 0 aromatic heterocycles. The van der Waals surface area contributed by atoms with E-state index in [-0.39, 0.29) is 38.8 Å². The zero-order valence-corrected chi connectivity index (χ0v) is 5.16. The minimum absolute atomic E-state index is 0. The van der Waals surface area contributed by atoms with Gasteiger partial charge < -0.3 is 16.4 Å². The van der Waals surface area contributed by atoms with E-state index < -0.39 is 0 Å². The van der Waals surface area contributed by atoms with Gasteiger partial charge in [0.15, 0.2) is 0 Å². The fourth-order valence-corrected chi connectivity index (χ4v) is 0. The Kier molecular flexibility index (Phi) is 2540. The zero-order valence-electron chi connectivity index (χ0n) is 1.95. The normalized spacial score (nSPS) is 0. The fourth-order valence-electron chi connectivity index (χ4n) is 0. The second-order valence-electron chi connectivity index (χ2n) is 0. The van der Waals surface area contributed by atoms with E-state index in [9.17, 15) is 0 Å². The molecular weight excluding hydrogens is 229 g/mol. The Hall–Kier alpha value is 0.620. The van der Waals surface area contributed by atoms with Crippen LogP contribution in [0.3, 0.4) is 0 Å². The molecular formula is H6O3Ta. The summed E-state index contributed by atoms with van der Waals surface area (Å²) in [6.07, 6.45) is 0. The van der Waals surface area contributed by atoms with Gasteiger partial charge in [0, 0.05) is 22.4 Å². The van der Waals surface area contributed by atoms with E-state index >= 15 is 0 Å². The van der Waals surface area contributed by atoms with E-state index in [1.807, 2.05) is 0 Å². The van der Waals surface area contributed by atoms with Crippen molar-refractivity contribution in [3.05, 3.63) is 0 Å². The summed E-state index contributed by atoms with van der Waals surface area (Å²) < 4.78 is 0. The van der Waals surface area contributed by atoms with Crippen molar-refractivity contribution in [2.75, 3.05) is 0 Å². The van der Waals surface area contributed by atoms with Crippen molar-refractivity contribution < 1.29 is 38.8 Å². The number of hydrogen-bond donors (Lipinski definition) is 0. The maximum Gasteiger partial charge on any atom is 0 e. The van der Waals surface area contributed by atoms with Crippen LogP contribution in [-0.4, -0.2) is 16.4 Å². The van der Waals surface area contributed by atoms with E-state index in [0.29, 0.717) is 0 Å². The molecule has 0 saturated heterocycles. The Morgan fingerprint density at radius 1 is 0.500 bits per heavy atom. The summed E-state index contributed by atoms with van der Waals surface area (Å²) in [6, 6.07) is 0. The standard InChI is InChI=1S/3H2O.Ta/h3*1H2;. The second-order valence-corrected chi connectivity index (χ2v) is 0. The molecule has 29 valence electrons. The van der Waals surface area contributed by atoms with Crippen molar-refractivity contribution in [3.8, 4) is 0 Å². The molecule has 0 rings (SSSR count). The van der Waals surface area contributed by atoms with Gasteiger partial charge in [-0.3, -0.25) is 0 Å². The molecule has 0 aliphatic heterocycles. The average Bonchev–Trinajstić information content (AvgIpc) is 0. The maximum absolute atomic E-state index is 0. The molecule has 0 heterocycles. The Balaban J connectivity index is 0. The van der Waals surface area contributed by atoms with Crippen molar-refractivity contribution in [2.24, 2.45) is 0 Å². The van der Waals surface area contributed by atoms with Crippen LogP contribution < -0.4 is 0 Å². The molecule has 0 unspecified atom stereocenters. The Morgan fingerprint density at radius 2 is 0.500 bits per heavy atom. The number of rotatable bonds is 0. The Labute approximate surface area is 39.4 Å².